The van der Waals surface area contributed by atoms with Gasteiger partial charge in [0.05, 0.1) is 30.8 Å². The fourth-order valence-electron chi connectivity index (χ4n) is 5.85. The molecule has 2 aromatic carbocycles. The van der Waals surface area contributed by atoms with Crippen LogP contribution in [-0.4, -0.2) is 73.3 Å². The zero-order valence-electron chi connectivity index (χ0n) is 23.0. The number of hydrogen-bond acceptors (Lipinski definition) is 8. The number of amides is 1. The Morgan fingerprint density at radius 1 is 1.05 bits per heavy atom. The molecule has 40 heavy (non-hydrogen) atoms. The lowest BCUT2D eigenvalue weighted by Gasteiger charge is -2.46. The van der Waals surface area contributed by atoms with E-state index in [0.29, 0.717) is 31.6 Å². The van der Waals surface area contributed by atoms with E-state index >= 15 is 0 Å². The second kappa shape index (κ2) is 13.4. The van der Waals surface area contributed by atoms with Crippen molar-refractivity contribution in [3.8, 4) is 0 Å². The fraction of sp³-hybridized carbons (Fsp3) is 0.552. The van der Waals surface area contributed by atoms with Crippen LogP contribution in [-0.2, 0) is 37.3 Å². The number of aliphatic hydroxyl groups is 2. The van der Waals surface area contributed by atoms with Gasteiger partial charge in [-0.3, -0.25) is 0 Å². The summed E-state index contributed by atoms with van der Waals surface area (Å²) in [5, 5.41) is 21.5. The number of primary amides is 1. The Labute approximate surface area is 236 Å². The van der Waals surface area contributed by atoms with Gasteiger partial charge < -0.3 is 30.2 Å². The van der Waals surface area contributed by atoms with Gasteiger partial charge in [0.25, 0.3) is 0 Å². The predicted molar refractivity (Wildman–Crippen MR) is 147 cm³/mol. The Kier molecular flexibility index (Phi) is 10.2. The molecule has 6 atom stereocenters. The molecule has 0 spiro atoms. The van der Waals surface area contributed by atoms with Crippen LogP contribution < -0.4 is 5.73 Å². The van der Waals surface area contributed by atoms with Crippen LogP contribution in [0.15, 0.2) is 59.5 Å². The molecule has 0 saturated carbocycles. The van der Waals surface area contributed by atoms with Crippen LogP contribution in [0.3, 0.4) is 0 Å². The monoisotopic (exact) mass is 576 g/mol. The molecule has 11 heteroatoms. The predicted octanol–water partition coefficient (Wildman–Crippen LogP) is 2.66. The van der Waals surface area contributed by atoms with E-state index in [0.717, 1.165) is 5.56 Å². The number of sulfonamides is 1. The van der Waals surface area contributed by atoms with Gasteiger partial charge in [0.15, 0.2) is 6.29 Å². The smallest absolute Gasteiger partial charge is 0.404 e. The summed E-state index contributed by atoms with van der Waals surface area (Å²) in [6.45, 7) is 4.54. The van der Waals surface area contributed by atoms with Crippen LogP contribution in [0.2, 0.25) is 0 Å². The van der Waals surface area contributed by atoms with Crippen LogP contribution >= 0.6 is 0 Å². The summed E-state index contributed by atoms with van der Waals surface area (Å²) < 4.78 is 47.1. The maximum atomic E-state index is 14.3. The summed E-state index contributed by atoms with van der Waals surface area (Å²) in [7, 11) is -4.14. The third kappa shape index (κ3) is 7.02. The lowest BCUT2D eigenvalue weighted by Crippen LogP contribution is -2.59. The van der Waals surface area contributed by atoms with E-state index in [4.69, 9.17) is 19.9 Å². The zero-order chi connectivity index (χ0) is 28.9. The molecule has 1 amide bonds. The van der Waals surface area contributed by atoms with Gasteiger partial charge in [-0.1, -0.05) is 56.3 Å². The van der Waals surface area contributed by atoms with Crippen LogP contribution in [0, 0.1) is 17.8 Å². The van der Waals surface area contributed by atoms with Gasteiger partial charge >= 0.3 is 6.09 Å². The number of carbonyl (C=O) groups is 1. The fourth-order valence-corrected chi connectivity index (χ4v) is 7.70. The Bertz CT molecular complexity index is 1210. The third-order valence-electron chi connectivity index (χ3n) is 7.67. The second-order valence-corrected chi connectivity index (χ2v) is 12.8. The molecule has 0 aliphatic carbocycles. The van der Waals surface area contributed by atoms with Crippen LogP contribution in [0.1, 0.15) is 37.8 Å². The number of nitrogens with two attached hydrogens (primary N) is 1. The largest absolute Gasteiger partial charge is 0.443 e. The molecule has 2 aromatic rings. The summed E-state index contributed by atoms with van der Waals surface area (Å²) in [6, 6.07) is 14.3. The quantitative estimate of drug-likeness (QED) is 0.349. The van der Waals surface area contributed by atoms with Crippen molar-refractivity contribution in [3.05, 3.63) is 65.7 Å². The first-order valence-electron chi connectivity index (χ1n) is 13.7. The van der Waals surface area contributed by atoms with E-state index in [-0.39, 0.29) is 42.2 Å². The van der Waals surface area contributed by atoms with E-state index in [1.807, 2.05) is 44.2 Å². The Hall–Kier alpha value is -2.54. The van der Waals surface area contributed by atoms with Crippen LogP contribution in [0.5, 0.6) is 0 Å². The lowest BCUT2D eigenvalue weighted by atomic mass is 9.77. The van der Waals surface area contributed by atoms with Gasteiger partial charge in [0.2, 0.25) is 10.0 Å². The summed E-state index contributed by atoms with van der Waals surface area (Å²) in [5.74, 6) is -0.571. The van der Waals surface area contributed by atoms with Crippen molar-refractivity contribution in [2.45, 2.75) is 69.2 Å². The van der Waals surface area contributed by atoms with Crippen molar-refractivity contribution in [3.63, 3.8) is 0 Å². The molecule has 1 unspecified atom stereocenters. The molecule has 10 nitrogen and oxygen atoms in total. The Morgan fingerprint density at radius 3 is 2.30 bits per heavy atom. The maximum absolute atomic E-state index is 14.3. The molecule has 2 heterocycles. The van der Waals surface area contributed by atoms with Crippen molar-refractivity contribution in [1.82, 2.24) is 4.31 Å². The third-order valence-corrected chi connectivity index (χ3v) is 9.55. The number of fused-ring (bicyclic) bond motifs is 1. The van der Waals surface area contributed by atoms with Gasteiger partial charge in [-0.05, 0) is 47.9 Å². The van der Waals surface area contributed by atoms with E-state index < -0.39 is 40.7 Å². The van der Waals surface area contributed by atoms with Gasteiger partial charge in [0.1, 0.15) is 12.2 Å². The Morgan fingerprint density at radius 2 is 1.70 bits per heavy atom. The molecule has 2 aliphatic rings. The average molecular weight is 577 g/mol. The van der Waals surface area contributed by atoms with Crippen LogP contribution in [0.25, 0.3) is 0 Å². The number of rotatable bonds is 12. The summed E-state index contributed by atoms with van der Waals surface area (Å²) in [4.78, 5) is 12.1. The van der Waals surface area contributed by atoms with Crippen LogP contribution in [0.4, 0.5) is 4.79 Å². The molecule has 220 valence electrons. The number of nitrogens with zero attached hydrogens (tertiary/aromatic N) is 1. The number of hydrogen-bond donors (Lipinski definition) is 3. The number of aliphatic hydroxyl groups excluding tert-OH is 2. The standard InChI is InChI=1S/C29H40N2O8S/c1-19(2)17-31(40(35,36)22-10-8-21(18-32)9-11-22)26(23-12-14-37-28-24(23)13-15-38-28)27(33)25(39-29(30)34)16-20-6-4-3-5-7-20/h3-11,19,23-28,32-33H,12-18H2,1-2H3,(H2,30,34)/t23?,24-,25-,26-,27-,28-/m0/s1. The zero-order valence-corrected chi connectivity index (χ0v) is 23.8. The summed E-state index contributed by atoms with van der Waals surface area (Å²) in [6.07, 6.45) is -2.75. The van der Waals surface area contributed by atoms with E-state index in [9.17, 15) is 23.4 Å². The average Bonchev–Trinajstić information content (AvgIpc) is 3.42. The Balaban J connectivity index is 1.81. The molecule has 0 bridgehead atoms. The second-order valence-electron chi connectivity index (χ2n) is 10.9. The van der Waals surface area contributed by atoms with Crippen molar-refractivity contribution in [2.24, 2.45) is 23.5 Å². The van der Waals surface area contributed by atoms with Crippen molar-refractivity contribution in [2.75, 3.05) is 19.8 Å². The first-order chi connectivity index (χ1) is 19.1. The van der Waals surface area contributed by atoms with E-state index in [2.05, 4.69) is 0 Å². The molecule has 0 radical (unpaired) electrons. The molecular formula is C29H40N2O8S. The van der Waals surface area contributed by atoms with Gasteiger partial charge in [-0.2, -0.15) is 4.31 Å². The van der Waals surface area contributed by atoms with E-state index in [1.54, 1.807) is 12.1 Å². The topological polar surface area (TPSA) is 149 Å². The molecule has 2 fully saturated rings. The number of ether oxygens (including phenoxy) is 3. The minimum Gasteiger partial charge on any atom is -0.443 e. The molecule has 2 aliphatic heterocycles. The lowest BCUT2D eigenvalue weighted by molar-refractivity contribution is -0.180. The van der Waals surface area contributed by atoms with Crippen molar-refractivity contribution < 1.29 is 37.6 Å². The highest BCUT2D eigenvalue weighted by Crippen LogP contribution is 2.41. The first kappa shape index (κ1) is 30.4. The van der Waals surface area contributed by atoms with E-state index in [1.165, 1.54) is 16.4 Å². The molecule has 0 aromatic heterocycles. The van der Waals surface area contributed by atoms with Crippen molar-refractivity contribution >= 4 is 16.1 Å². The summed E-state index contributed by atoms with van der Waals surface area (Å²) >= 11 is 0. The van der Waals surface area contributed by atoms with Gasteiger partial charge in [0, 0.05) is 18.9 Å². The normalized spacial score (nSPS) is 23.5. The number of benzene rings is 2. The molecule has 2 saturated heterocycles. The highest BCUT2D eigenvalue weighted by atomic mass is 32.2. The number of carbonyl (C=O) groups excluding carboxylic acids is 1. The molecular weight excluding hydrogens is 536 g/mol. The minimum atomic E-state index is -4.14. The SMILES string of the molecule is CC(C)CN([C@@H](C1CCO[C@H]2OCC[C@@H]12)[C@@H](O)[C@H](Cc1ccccc1)OC(N)=O)S(=O)(=O)c1ccc(CO)cc1. The maximum Gasteiger partial charge on any atom is 0.404 e. The minimum absolute atomic E-state index is 0.0456. The van der Waals surface area contributed by atoms with Gasteiger partial charge in [-0.15, -0.1) is 0 Å². The summed E-state index contributed by atoms with van der Waals surface area (Å²) in [5.41, 5.74) is 6.83. The highest BCUT2D eigenvalue weighted by Gasteiger charge is 2.51. The highest BCUT2D eigenvalue weighted by molar-refractivity contribution is 7.89. The molecule has 4 rings (SSSR count). The van der Waals surface area contributed by atoms with Crippen molar-refractivity contribution in [1.29, 1.82) is 0 Å². The first-order valence-corrected chi connectivity index (χ1v) is 15.2. The molecule has 4 N–H and O–H groups in total. The van der Waals surface area contributed by atoms with Gasteiger partial charge in [-0.25, -0.2) is 13.2 Å².